The van der Waals surface area contributed by atoms with Crippen molar-refractivity contribution in [1.29, 1.82) is 0 Å². The first-order valence-electron chi connectivity index (χ1n) is 7.04. The quantitative estimate of drug-likeness (QED) is 0.864. The molecule has 1 aromatic carbocycles. The maximum atomic E-state index is 11.9. The second-order valence-corrected chi connectivity index (χ2v) is 5.59. The third kappa shape index (κ3) is 4.17. The Hall–Kier alpha value is -1.31. The van der Waals surface area contributed by atoms with Gasteiger partial charge < -0.3 is 5.32 Å². The molecule has 0 aromatic heterocycles. The SMILES string of the molecule is CC1CCC(CC(=O)NCc2ccccc2)CC1. The van der Waals surface area contributed by atoms with Crippen molar-refractivity contribution >= 4 is 5.91 Å². The van der Waals surface area contributed by atoms with Gasteiger partial charge in [0.1, 0.15) is 0 Å². The second-order valence-electron chi connectivity index (χ2n) is 5.59. The number of nitrogens with one attached hydrogen (secondary N) is 1. The van der Waals surface area contributed by atoms with Crippen molar-refractivity contribution in [3.63, 3.8) is 0 Å². The number of hydrogen-bond acceptors (Lipinski definition) is 1. The van der Waals surface area contributed by atoms with Gasteiger partial charge in [0.25, 0.3) is 0 Å². The van der Waals surface area contributed by atoms with E-state index in [0.29, 0.717) is 18.9 Å². The minimum Gasteiger partial charge on any atom is -0.352 e. The van der Waals surface area contributed by atoms with Crippen LogP contribution in [0.5, 0.6) is 0 Å². The van der Waals surface area contributed by atoms with Crippen LogP contribution in [0.4, 0.5) is 0 Å². The van der Waals surface area contributed by atoms with Gasteiger partial charge in [0.05, 0.1) is 0 Å². The molecule has 1 fully saturated rings. The van der Waals surface area contributed by atoms with Gasteiger partial charge in [-0.25, -0.2) is 0 Å². The number of hydrogen-bond donors (Lipinski definition) is 1. The summed E-state index contributed by atoms with van der Waals surface area (Å²) < 4.78 is 0. The fraction of sp³-hybridized carbons (Fsp3) is 0.562. The number of amides is 1. The van der Waals surface area contributed by atoms with Gasteiger partial charge >= 0.3 is 0 Å². The molecule has 2 rings (SSSR count). The lowest BCUT2D eigenvalue weighted by Gasteiger charge is -2.25. The molecule has 0 heterocycles. The molecule has 0 radical (unpaired) electrons. The first kappa shape index (κ1) is 13.1. The van der Waals surface area contributed by atoms with Gasteiger partial charge in [-0.3, -0.25) is 4.79 Å². The number of carbonyl (C=O) groups excluding carboxylic acids is 1. The molecule has 1 aromatic rings. The smallest absolute Gasteiger partial charge is 0.220 e. The zero-order valence-electron chi connectivity index (χ0n) is 11.2. The van der Waals surface area contributed by atoms with Crippen LogP contribution >= 0.6 is 0 Å². The summed E-state index contributed by atoms with van der Waals surface area (Å²) in [6.07, 6.45) is 5.73. The fourth-order valence-electron chi connectivity index (χ4n) is 2.66. The van der Waals surface area contributed by atoms with E-state index < -0.39 is 0 Å². The average molecular weight is 245 g/mol. The van der Waals surface area contributed by atoms with Crippen molar-refractivity contribution in [2.24, 2.45) is 11.8 Å². The first-order chi connectivity index (χ1) is 8.74. The lowest BCUT2D eigenvalue weighted by molar-refractivity contribution is -0.122. The summed E-state index contributed by atoms with van der Waals surface area (Å²) >= 11 is 0. The Morgan fingerprint density at radius 3 is 2.50 bits per heavy atom. The molecule has 98 valence electrons. The lowest BCUT2D eigenvalue weighted by Crippen LogP contribution is -2.26. The van der Waals surface area contributed by atoms with Gasteiger partial charge in [0.2, 0.25) is 5.91 Å². The Labute approximate surface area is 110 Å². The third-order valence-corrected chi connectivity index (χ3v) is 3.94. The summed E-state index contributed by atoms with van der Waals surface area (Å²) in [5.74, 6) is 1.67. The lowest BCUT2D eigenvalue weighted by atomic mass is 9.81. The van der Waals surface area contributed by atoms with E-state index in [9.17, 15) is 4.79 Å². The maximum absolute atomic E-state index is 11.9. The fourth-order valence-corrected chi connectivity index (χ4v) is 2.66. The van der Waals surface area contributed by atoms with Crippen molar-refractivity contribution < 1.29 is 4.79 Å². The van der Waals surface area contributed by atoms with Gasteiger partial charge in [-0.05, 0) is 30.2 Å². The summed E-state index contributed by atoms with van der Waals surface area (Å²) in [4.78, 5) is 11.9. The third-order valence-electron chi connectivity index (χ3n) is 3.94. The van der Waals surface area contributed by atoms with Gasteiger partial charge in [0, 0.05) is 13.0 Å². The van der Waals surface area contributed by atoms with Crippen LogP contribution in [0.15, 0.2) is 30.3 Å². The van der Waals surface area contributed by atoms with Crippen LogP contribution in [0, 0.1) is 11.8 Å². The molecule has 0 spiro atoms. The average Bonchev–Trinajstić information content (AvgIpc) is 2.40. The van der Waals surface area contributed by atoms with Crippen LogP contribution in [-0.4, -0.2) is 5.91 Å². The molecule has 1 saturated carbocycles. The van der Waals surface area contributed by atoms with Crippen LogP contribution in [0.2, 0.25) is 0 Å². The van der Waals surface area contributed by atoms with E-state index in [1.54, 1.807) is 0 Å². The zero-order chi connectivity index (χ0) is 12.8. The van der Waals surface area contributed by atoms with E-state index >= 15 is 0 Å². The molecule has 0 aliphatic heterocycles. The Morgan fingerprint density at radius 1 is 1.17 bits per heavy atom. The Morgan fingerprint density at radius 2 is 1.83 bits per heavy atom. The first-order valence-corrected chi connectivity index (χ1v) is 7.04. The van der Waals surface area contributed by atoms with Gasteiger partial charge in [-0.2, -0.15) is 0 Å². The Balaban J connectivity index is 1.69. The standard InChI is InChI=1S/C16H23NO/c1-13-7-9-14(10-8-13)11-16(18)17-12-15-5-3-2-4-6-15/h2-6,13-14H,7-12H2,1H3,(H,17,18). The summed E-state index contributed by atoms with van der Waals surface area (Å²) in [5, 5.41) is 3.02. The van der Waals surface area contributed by atoms with Gasteiger partial charge in [-0.1, -0.05) is 50.1 Å². The van der Waals surface area contributed by atoms with Gasteiger partial charge in [0.15, 0.2) is 0 Å². The van der Waals surface area contributed by atoms with Crippen molar-refractivity contribution in [1.82, 2.24) is 5.32 Å². The molecular weight excluding hydrogens is 222 g/mol. The highest BCUT2D eigenvalue weighted by molar-refractivity contribution is 5.76. The molecule has 2 heteroatoms. The maximum Gasteiger partial charge on any atom is 0.220 e. The predicted molar refractivity (Wildman–Crippen MR) is 74.0 cm³/mol. The monoisotopic (exact) mass is 245 g/mol. The van der Waals surface area contributed by atoms with E-state index in [1.165, 1.54) is 31.2 Å². The summed E-state index contributed by atoms with van der Waals surface area (Å²) in [7, 11) is 0. The van der Waals surface area contributed by atoms with Crippen LogP contribution < -0.4 is 5.32 Å². The van der Waals surface area contributed by atoms with E-state index in [4.69, 9.17) is 0 Å². The number of rotatable bonds is 4. The normalized spacial score (nSPS) is 23.6. The molecule has 18 heavy (non-hydrogen) atoms. The number of benzene rings is 1. The minimum atomic E-state index is 0.207. The van der Waals surface area contributed by atoms with E-state index in [0.717, 1.165) is 5.92 Å². The highest BCUT2D eigenvalue weighted by Crippen LogP contribution is 2.30. The van der Waals surface area contributed by atoms with E-state index in [-0.39, 0.29) is 5.91 Å². The Kier molecular flexibility index (Phi) is 4.80. The summed E-state index contributed by atoms with van der Waals surface area (Å²) in [5.41, 5.74) is 1.17. The molecular formula is C16H23NO. The van der Waals surface area contributed by atoms with Crippen molar-refractivity contribution in [2.45, 2.75) is 45.6 Å². The molecule has 0 saturated heterocycles. The topological polar surface area (TPSA) is 29.1 Å². The van der Waals surface area contributed by atoms with Crippen molar-refractivity contribution in [2.75, 3.05) is 0 Å². The van der Waals surface area contributed by atoms with Crippen LogP contribution in [0.1, 0.15) is 44.6 Å². The van der Waals surface area contributed by atoms with Crippen molar-refractivity contribution in [3.8, 4) is 0 Å². The van der Waals surface area contributed by atoms with Crippen LogP contribution in [0.25, 0.3) is 0 Å². The van der Waals surface area contributed by atoms with E-state index in [1.807, 2.05) is 30.3 Å². The highest BCUT2D eigenvalue weighted by atomic mass is 16.1. The molecule has 1 aliphatic carbocycles. The highest BCUT2D eigenvalue weighted by Gasteiger charge is 2.20. The molecule has 2 nitrogen and oxygen atoms in total. The minimum absolute atomic E-state index is 0.207. The second kappa shape index (κ2) is 6.58. The summed E-state index contributed by atoms with van der Waals surface area (Å²) in [6.45, 7) is 2.97. The zero-order valence-corrected chi connectivity index (χ0v) is 11.2. The van der Waals surface area contributed by atoms with E-state index in [2.05, 4.69) is 12.2 Å². The van der Waals surface area contributed by atoms with Crippen LogP contribution in [0.3, 0.4) is 0 Å². The molecule has 0 bridgehead atoms. The molecule has 1 aliphatic rings. The largest absolute Gasteiger partial charge is 0.352 e. The molecule has 0 atom stereocenters. The number of carbonyl (C=O) groups is 1. The predicted octanol–water partition coefficient (Wildman–Crippen LogP) is 3.52. The molecule has 0 unspecified atom stereocenters. The van der Waals surface area contributed by atoms with Gasteiger partial charge in [-0.15, -0.1) is 0 Å². The molecule has 1 amide bonds. The van der Waals surface area contributed by atoms with Crippen LogP contribution in [-0.2, 0) is 11.3 Å². The summed E-state index contributed by atoms with van der Waals surface area (Å²) in [6, 6.07) is 10.1. The Bertz CT molecular complexity index is 366. The molecule has 1 N–H and O–H groups in total. The van der Waals surface area contributed by atoms with Crippen molar-refractivity contribution in [3.05, 3.63) is 35.9 Å².